The Bertz CT molecular complexity index is 654. The molecule has 96 valence electrons. The maximum absolute atomic E-state index is 12.7. The molecule has 0 saturated heterocycles. The van der Waals surface area contributed by atoms with E-state index in [1.807, 2.05) is 0 Å². The van der Waals surface area contributed by atoms with Gasteiger partial charge < -0.3 is 0 Å². The van der Waals surface area contributed by atoms with Gasteiger partial charge in [-0.2, -0.15) is 5.26 Å². The first kappa shape index (κ1) is 14.3. The molecule has 6 nitrogen and oxygen atoms in total. The summed E-state index contributed by atoms with van der Waals surface area (Å²) in [4.78, 5) is 8.35. The molecule has 0 bridgehead atoms. The zero-order chi connectivity index (χ0) is 14.1. The highest BCUT2D eigenvalue weighted by Gasteiger charge is 2.28. The number of halogens is 3. The van der Waals surface area contributed by atoms with Gasteiger partial charge in [-0.05, 0) is 0 Å². The van der Waals surface area contributed by atoms with E-state index in [4.69, 9.17) is 15.9 Å². The van der Waals surface area contributed by atoms with E-state index < -0.39 is 42.1 Å². The molecule has 0 atom stereocenters. The van der Waals surface area contributed by atoms with Gasteiger partial charge in [0, 0.05) is 22.8 Å². The molecule has 0 aliphatic heterocycles. The van der Waals surface area contributed by atoms with Crippen LogP contribution in [0.4, 0.5) is 14.5 Å². The molecule has 0 heterocycles. The average Bonchev–Trinajstić information content (AvgIpc) is 2.25. The van der Waals surface area contributed by atoms with Crippen molar-refractivity contribution in [3.63, 3.8) is 0 Å². The molecular formula is C8H3ClF2N2O4S. The molecule has 1 rings (SSSR count). The first-order valence-corrected chi connectivity index (χ1v) is 6.44. The van der Waals surface area contributed by atoms with Gasteiger partial charge in [-0.15, -0.1) is 0 Å². The monoisotopic (exact) mass is 296 g/mol. The second kappa shape index (κ2) is 4.83. The molecule has 0 saturated carbocycles. The summed E-state index contributed by atoms with van der Waals surface area (Å²) in [6.45, 7) is 0. The Labute approximate surface area is 104 Å². The highest BCUT2D eigenvalue weighted by Crippen LogP contribution is 2.34. The third-order valence-corrected chi connectivity index (χ3v) is 3.30. The van der Waals surface area contributed by atoms with E-state index >= 15 is 0 Å². The van der Waals surface area contributed by atoms with Gasteiger partial charge in [-0.25, -0.2) is 17.2 Å². The number of hydrogen-bond donors (Lipinski definition) is 0. The van der Waals surface area contributed by atoms with Crippen molar-refractivity contribution in [2.75, 3.05) is 0 Å². The van der Waals surface area contributed by atoms with Crippen LogP contribution < -0.4 is 0 Å². The first-order chi connectivity index (χ1) is 8.18. The van der Waals surface area contributed by atoms with E-state index in [1.54, 1.807) is 0 Å². The molecule has 0 radical (unpaired) electrons. The SMILES string of the molecule is N#Cc1cc([N+](=O)[O-])cc(S(=O)(=O)Cl)c1C(F)F. The Morgan fingerprint density at radius 3 is 2.33 bits per heavy atom. The van der Waals surface area contributed by atoms with Crippen LogP contribution in [0.3, 0.4) is 0 Å². The van der Waals surface area contributed by atoms with Crippen LogP contribution in [0.1, 0.15) is 17.6 Å². The summed E-state index contributed by atoms with van der Waals surface area (Å²) in [5, 5.41) is 19.1. The number of nitro benzene ring substituents is 1. The van der Waals surface area contributed by atoms with E-state index in [1.165, 1.54) is 6.07 Å². The van der Waals surface area contributed by atoms with Crippen molar-refractivity contribution in [1.29, 1.82) is 5.26 Å². The molecular weight excluding hydrogens is 294 g/mol. The number of nitro groups is 1. The second-order valence-electron chi connectivity index (χ2n) is 3.01. The van der Waals surface area contributed by atoms with Crippen LogP contribution in [-0.2, 0) is 9.05 Å². The summed E-state index contributed by atoms with van der Waals surface area (Å²) in [6, 6.07) is 2.23. The smallest absolute Gasteiger partial charge is 0.258 e. The highest BCUT2D eigenvalue weighted by molar-refractivity contribution is 8.13. The van der Waals surface area contributed by atoms with Gasteiger partial charge in [0.25, 0.3) is 21.2 Å². The normalized spacial score (nSPS) is 11.3. The quantitative estimate of drug-likeness (QED) is 0.484. The topological polar surface area (TPSA) is 101 Å². The molecule has 0 aromatic heterocycles. The molecule has 18 heavy (non-hydrogen) atoms. The Morgan fingerprint density at radius 2 is 2.00 bits per heavy atom. The molecule has 0 spiro atoms. The summed E-state index contributed by atoms with van der Waals surface area (Å²) in [7, 11) is 0.290. The first-order valence-electron chi connectivity index (χ1n) is 4.13. The largest absolute Gasteiger partial charge is 0.272 e. The van der Waals surface area contributed by atoms with Gasteiger partial charge in [0.2, 0.25) is 0 Å². The Morgan fingerprint density at radius 1 is 1.44 bits per heavy atom. The third-order valence-electron chi connectivity index (χ3n) is 1.94. The fourth-order valence-electron chi connectivity index (χ4n) is 1.24. The minimum atomic E-state index is -4.63. The zero-order valence-corrected chi connectivity index (χ0v) is 9.87. The summed E-state index contributed by atoms with van der Waals surface area (Å²) in [5.74, 6) is 0. The van der Waals surface area contributed by atoms with Crippen LogP contribution in [0, 0.1) is 21.4 Å². The standard InChI is InChI=1S/C8H3ClF2N2O4S/c9-18(16,17)6-2-5(13(14)15)1-4(3-12)7(6)8(10)11/h1-2,8H. The summed E-state index contributed by atoms with van der Waals surface area (Å²) in [6.07, 6.45) is -3.30. The van der Waals surface area contributed by atoms with Gasteiger partial charge in [0.1, 0.15) is 0 Å². The number of alkyl halides is 2. The predicted molar refractivity (Wildman–Crippen MR) is 55.8 cm³/mol. The van der Waals surface area contributed by atoms with Crippen LogP contribution in [0.15, 0.2) is 17.0 Å². The number of rotatable bonds is 3. The van der Waals surface area contributed by atoms with Gasteiger partial charge in [0.15, 0.2) is 0 Å². The van der Waals surface area contributed by atoms with Crippen LogP contribution in [0.2, 0.25) is 0 Å². The van der Waals surface area contributed by atoms with Crippen LogP contribution in [0.5, 0.6) is 0 Å². The van der Waals surface area contributed by atoms with E-state index in [9.17, 15) is 27.3 Å². The van der Waals surface area contributed by atoms with Gasteiger partial charge in [0.05, 0.1) is 27.0 Å². The lowest BCUT2D eigenvalue weighted by atomic mass is 10.1. The Kier molecular flexibility index (Phi) is 3.83. The summed E-state index contributed by atoms with van der Waals surface area (Å²) >= 11 is 0. The number of benzene rings is 1. The molecule has 10 heteroatoms. The van der Waals surface area contributed by atoms with Crippen molar-refractivity contribution < 1.29 is 22.1 Å². The molecule has 0 unspecified atom stereocenters. The Balaban J connectivity index is 3.81. The van der Waals surface area contributed by atoms with Crippen molar-refractivity contribution in [2.45, 2.75) is 11.3 Å². The van der Waals surface area contributed by atoms with Crippen molar-refractivity contribution >= 4 is 25.4 Å². The van der Waals surface area contributed by atoms with E-state index in [0.29, 0.717) is 12.1 Å². The fraction of sp³-hybridized carbons (Fsp3) is 0.125. The lowest BCUT2D eigenvalue weighted by Gasteiger charge is -2.07. The lowest BCUT2D eigenvalue weighted by molar-refractivity contribution is -0.385. The molecule has 1 aromatic rings. The lowest BCUT2D eigenvalue weighted by Crippen LogP contribution is -2.04. The maximum atomic E-state index is 12.7. The molecule has 1 aromatic carbocycles. The van der Waals surface area contributed by atoms with Gasteiger partial charge in [-0.1, -0.05) is 0 Å². The summed E-state index contributed by atoms with van der Waals surface area (Å²) in [5.41, 5.74) is -2.76. The van der Waals surface area contributed by atoms with Crippen LogP contribution in [0.25, 0.3) is 0 Å². The van der Waals surface area contributed by atoms with Crippen LogP contribution >= 0.6 is 10.7 Å². The van der Waals surface area contributed by atoms with Crippen molar-refractivity contribution in [3.05, 3.63) is 33.4 Å². The second-order valence-corrected chi connectivity index (χ2v) is 5.55. The minimum Gasteiger partial charge on any atom is -0.258 e. The molecule has 0 fully saturated rings. The van der Waals surface area contributed by atoms with E-state index in [2.05, 4.69) is 0 Å². The number of nitrogens with zero attached hydrogens (tertiary/aromatic N) is 2. The van der Waals surface area contributed by atoms with Gasteiger partial charge >= 0.3 is 0 Å². The number of hydrogen-bond acceptors (Lipinski definition) is 5. The van der Waals surface area contributed by atoms with Crippen molar-refractivity contribution in [2.24, 2.45) is 0 Å². The predicted octanol–water partition coefficient (Wildman–Crippen LogP) is 2.33. The average molecular weight is 297 g/mol. The molecule has 0 aliphatic carbocycles. The van der Waals surface area contributed by atoms with E-state index in [0.717, 1.165) is 0 Å². The van der Waals surface area contributed by atoms with E-state index in [-0.39, 0.29) is 0 Å². The molecule has 0 amide bonds. The van der Waals surface area contributed by atoms with Crippen LogP contribution in [-0.4, -0.2) is 13.3 Å². The number of nitriles is 1. The molecule has 0 N–H and O–H groups in total. The minimum absolute atomic E-state index is 0.394. The zero-order valence-electron chi connectivity index (χ0n) is 8.30. The fourth-order valence-corrected chi connectivity index (χ4v) is 2.34. The number of non-ortho nitro benzene ring substituents is 1. The summed E-state index contributed by atoms with van der Waals surface area (Å²) < 4.78 is 47.6. The molecule has 0 aliphatic rings. The van der Waals surface area contributed by atoms with Gasteiger partial charge in [-0.3, -0.25) is 10.1 Å². The third kappa shape index (κ3) is 2.72. The Hall–Kier alpha value is -1.79. The van der Waals surface area contributed by atoms with Crippen molar-refractivity contribution in [1.82, 2.24) is 0 Å². The van der Waals surface area contributed by atoms with Crippen molar-refractivity contribution in [3.8, 4) is 6.07 Å². The maximum Gasteiger partial charge on any atom is 0.272 e. The highest BCUT2D eigenvalue weighted by atomic mass is 35.7.